The van der Waals surface area contributed by atoms with Crippen molar-refractivity contribution in [3.63, 3.8) is 0 Å². The number of rotatable bonds is 6. The zero-order valence-electron chi connectivity index (χ0n) is 17.6. The number of amides is 2. The maximum atomic E-state index is 13.2. The Morgan fingerprint density at radius 2 is 1.64 bits per heavy atom. The molecule has 0 atom stereocenters. The fourth-order valence-electron chi connectivity index (χ4n) is 3.49. The van der Waals surface area contributed by atoms with Crippen LogP contribution < -0.4 is 20.7 Å². The predicted octanol–water partition coefficient (Wildman–Crippen LogP) is 5.02. The third-order valence-electron chi connectivity index (χ3n) is 5.16. The lowest BCUT2D eigenvalue weighted by Crippen LogP contribution is -2.34. The Hall–Kier alpha value is -3.13. The average molecular weight is 485 g/mol. The van der Waals surface area contributed by atoms with Crippen molar-refractivity contribution in [2.45, 2.75) is 18.9 Å². The minimum absolute atomic E-state index is 0.00112. The number of halogens is 2. The molecule has 33 heavy (non-hydrogen) atoms. The van der Waals surface area contributed by atoms with Gasteiger partial charge in [-0.25, -0.2) is 4.98 Å². The standard InChI is InChI=1S/C24H22Cl2N4O3/c25-15-5-7-19(21(13-15)33-17-9-11-27-12-10-17)24(32)29-20-4-2-1-3-18(20)23(31)30-22-8-6-16(26)14-28-22/h1-8,13-14,17,27H,9-12H2,(H,29,32)(H,28,30,31). The van der Waals surface area contributed by atoms with Gasteiger partial charge >= 0.3 is 0 Å². The zero-order valence-corrected chi connectivity index (χ0v) is 19.1. The molecular weight excluding hydrogens is 463 g/mol. The molecule has 1 saturated heterocycles. The Morgan fingerprint density at radius 3 is 2.39 bits per heavy atom. The van der Waals surface area contributed by atoms with Gasteiger partial charge in [0.05, 0.1) is 21.8 Å². The molecule has 9 heteroatoms. The van der Waals surface area contributed by atoms with Gasteiger partial charge in [0.15, 0.2) is 0 Å². The molecule has 0 spiro atoms. The second-order valence-electron chi connectivity index (χ2n) is 7.52. The first-order valence-electron chi connectivity index (χ1n) is 10.5. The second kappa shape index (κ2) is 10.7. The maximum absolute atomic E-state index is 13.2. The number of piperidine rings is 1. The van der Waals surface area contributed by atoms with E-state index < -0.39 is 11.8 Å². The van der Waals surface area contributed by atoms with Crippen LogP contribution in [0.4, 0.5) is 11.5 Å². The Balaban J connectivity index is 1.53. The number of carbonyl (C=O) groups excluding carboxylic acids is 2. The number of aromatic nitrogens is 1. The summed E-state index contributed by atoms with van der Waals surface area (Å²) in [5.41, 5.74) is 0.988. The van der Waals surface area contributed by atoms with Gasteiger partial charge in [0.1, 0.15) is 17.7 Å². The number of benzene rings is 2. The molecule has 1 aromatic heterocycles. The van der Waals surface area contributed by atoms with Crippen molar-refractivity contribution in [1.29, 1.82) is 0 Å². The van der Waals surface area contributed by atoms with Crippen LogP contribution in [0.5, 0.6) is 5.75 Å². The number of para-hydroxylation sites is 1. The van der Waals surface area contributed by atoms with Gasteiger partial charge in [-0.05, 0) is 68.4 Å². The Morgan fingerprint density at radius 1 is 0.909 bits per heavy atom. The van der Waals surface area contributed by atoms with Gasteiger partial charge in [0, 0.05) is 11.2 Å². The van der Waals surface area contributed by atoms with E-state index in [4.69, 9.17) is 27.9 Å². The monoisotopic (exact) mass is 484 g/mol. The summed E-state index contributed by atoms with van der Waals surface area (Å²) in [6, 6.07) is 14.9. The largest absolute Gasteiger partial charge is 0.489 e. The van der Waals surface area contributed by atoms with E-state index in [1.807, 2.05) is 0 Å². The fraction of sp³-hybridized carbons (Fsp3) is 0.208. The van der Waals surface area contributed by atoms with Crippen molar-refractivity contribution < 1.29 is 14.3 Å². The van der Waals surface area contributed by atoms with Crippen molar-refractivity contribution in [2.75, 3.05) is 23.7 Å². The number of nitrogens with one attached hydrogen (secondary N) is 3. The number of ether oxygens (including phenoxy) is 1. The second-order valence-corrected chi connectivity index (χ2v) is 8.40. The molecule has 1 aliphatic heterocycles. The highest BCUT2D eigenvalue weighted by molar-refractivity contribution is 6.31. The summed E-state index contributed by atoms with van der Waals surface area (Å²) in [4.78, 5) is 30.1. The van der Waals surface area contributed by atoms with Crippen molar-refractivity contribution in [2.24, 2.45) is 0 Å². The number of hydrogen-bond acceptors (Lipinski definition) is 5. The van der Waals surface area contributed by atoms with E-state index >= 15 is 0 Å². The molecule has 0 saturated carbocycles. The summed E-state index contributed by atoms with van der Waals surface area (Å²) in [6.07, 6.45) is 3.13. The van der Waals surface area contributed by atoms with Gasteiger partial charge in [-0.3, -0.25) is 9.59 Å². The quantitative estimate of drug-likeness (QED) is 0.456. The van der Waals surface area contributed by atoms with E-state index in [2.05, 4.69) is 20.9 Å². The first-order chi connectivity index (χ1) is 16.0. The average Bonchev–Trinajstić information content (AvgIpc) is 2.81. The van der Waals surface area contributed by atoms with Crippen LogP contribution in [-0.2, 0) is 0 Å². The van der Waals surface area contributed by atoms with Crippen molar-refractivity contribution >= 4 is 46.5 Å². The Kier molecular flexibility index (Phi) is 7.44. The highest BCUT2D eigenvalue weighted by Crippen LogP contribution is 2.28. The van der Waals surface area contributed by atoms with E-state index in [9.17, 15) is 9.59 Å². The lowest BCUT2D eigenvalue weighted by molar-refractivity contribution is 0.101. The highest BCUT2D eigenvalue weighted by Gasteiger charge is 2.21. The van der Waals surface area contributed by atoms with Gasteiger partial charge in [-0.15, -0.1) is 0 Å². The van der Waals surface area contributed by atoms with Crippen molar-refractivity contribution in [3.05, 3.63) is 82.0 Å². The van der Waals surface area contributed by atoms with E-state index in [-0.39, 0.29) is 11.7 Å². The molecule has 0 bridgehead atoms. The van der Waals surface area contributed by atoms with E-state index in [0.717, 1.165) is 25.9 Å². The molecule has 3 N–H and O–H groups in total. The number of carbonyl (C=O) groups is 2. The minimum atomic E-state index is -0.414. The van der Waals surface area contributed by atoms with Crippen LogP contribution in [0.2, 0.25) is 10.0 Å². The van der Waals surface area contributed by atoms with Crippen LogP contribution >= 0.6 is 23.2 Å². The summed E-state index contributed by atoms with van der Waals surface area (Å²) in [7, 11) is 0. The van der Waals surface area contributed by atoms with Crippen molar-refractivity contribution in [1.82, 2.24) is 10.3 Å². The van der Waals surface area contributed by atoms with E-state index in [0.29, 0.717) is 32.9 Å². The molecule has 1 aliphatic rings. The van der Waals surface area contributed by atoms with Crippen molar-refractivity contribution in [3.8, 4) is 5.75 Å². The first-order valence-corrected chi connectivity index (χ1v) is 11.3. The maximum Gasteiger partial charge on any atom is 0.259 e. The molecule has 7 nitrogen and oxygen atoms in total. The molecule has 3 aromatic rings. The van der Waals surface area contributed by atoms with Gasteiger partial charge in [0.25, 0.3) is 11.8 Å². The van der Waals surface area contributed by atoms with Gasteiger partial charge in [-0.2, -0.15) is 0 Å². The minimum Gasteiger partial charge on any atom is -0.489 e. The molecule has 0 aliphatic carbocycles. The smallest absolute Gasteiger partial charge is 0.259 e. The lowest BCUT2D eigenvalue weighted by atomic mass is 10.1. The van der Waals surface area contributed by atoms with Gasteiger partial charge in [0.2, 0.25) is 0 Å². The number of anilines is 2. The van der Waals surface area contributed by atoms with Gasteiger partial charge < -0.3 is 20.7 Å². The first kappa shape index (κ1) is 23.0. The molecule has 2 heterocycles. The van der Waals surface area contributed by atoms with Crippen LogP contribution in [0, 0.1) is 0 Å². The summed E-state index contributed by atoms with van der Waals surface area (Å²) in [5, 5.41) is 9.75. The molecule has 0 radical (unpaired) electrons. The summed E-state index contributed by atoms with van der Waals surface area (Å²) < 4.78 is 6.11. The number of pyridine rings is 1. The summed E-state index contributed by atoms with van der Waals surface area (Å²) in [5.74, 6) is -0.0523. The van der Waals surface area contributed by atoms with E-state index in [1.54, 1.807) is 54.6 Å². The topological polar surface area (TPSA) is 92.4 Å². The summed E-state index contributed by atoms with van der Waals surface area (Å²) >= 11 is 12.0. The van der Waals surface area contributed by atoms with Crippen LogP contribution in [0.3, 0.4) is 0 Å². The molecular formula is C24H22Cl2N4O3. The number of nitrogens with zero attached hydrogens (tertiary/aromatic N) is 1. The zero-order chi connectivity index (χ0) is 23.2. The molecule has 4 rings (SSSR count). The third kappa shape index (κ3) is 6.01. The third-order valence-corrected chi connectivity index (χ3v) is 5.62. The van der Waals surface area contributed by atoms with Crippen LogP contribution in [0.1, 0.15) is 33.6 Å². The Bertz CT molecular complexity index is 1150. The van der Waals surface area contributed by atoms with Crippen LogP contribution in [0.15, 0.2) is 60.8 Å². The molecule has 2 amide bonds. The molecule has 1 fully saturated rings. The molecule has 0 unspecified atom stereocenters. The Labute approximate surface area is 201 Å². The normalized spacial score (nSPS) is 13.9. The molecule has 170 valence electrons. The fourth-order valence-corrected chi connectivity index (χ4v) is 3.76. The van der Waals surface area contributed by atoms with E-state index in [1.165, 1.54) is 6.20 Å². The summed E-state index contributed by atoms with van der Waals surface area (Å²) in [6.45, 7) is 1.72. The predicted molar refractivity (Wildman–Crippen MR) is 130 cm³/mol. The lowest BCUT2D eigenvalue weighted by Gasteiger charge is -2.25. The highest BCUT2D eigenvalue weighted by atomic mass is 35.5. The van der Waals surface area contributed by atoms with Crippen LogP contribution in [-0.4, -0.2) is 36.0 Å². The number of hydrogen-bond donors (Lipinski definition) is 3. The van der Waals surface area contributed by atoms with Gasteiger partial charge in [-0.1, -0.05) is 35.3 Å². The van der Waals surface area contributed by atoms with Crippen LogP contribution in [0.25, 0.3) is 0 Å². The molecule has 2 aromatic carbocycles. The SMILES string of the molecule is O=C(Nc1ccc(Cl)cn1)c1ccccc1NC(=O)c1ccc(Cl)cc1OC1CCNCC1.